The number of carbonyl (C=O) groups excluding carboxylic acids is 1. The van der Waals surface area contributed by atoms with Gasteiger partial charge in [0.1, 0.15) is 5.82 Å². The Morgan fingerprint density at radius 1 is 1.26 bits per heavy atom. The highest BCUT2D eigenvalue weighted by Gasteiger charge is 2.26. The van der Waals surface area contributed by atoms with Gasteiger partial charge in [0.2, 0.25) is 5.91 Å². The van der Waals surface area contributed by atoms with Crippen LogP contribution < -0.4 is 0 Å². The first-order chi connectivity index (χ1) is 11.2. The molecule has 2 aromatic rings. The van der Waals surface area contributed by atoms with E-state index in [4.69, 9.17) is 0 Å². The molecule has 1 aliphatic rings. The number of piperidine rings is 1. The number of amides is 1. The number of aromatic nitrogens is 4. The average Bonchev–Trinajstić information content (AvgIpc) is 3.10. The zero-order valence-electron chi connectivity index (χ0n) is 13.4. The second kappa shape index (κ2) is 6.73. The number of aryl methyl sites for hydroxylation is 1. The molecule has 1 saturated heterocycles. The molecule has 23 heavy (non-hydrogen) atoms. The van der Waals surface area contributed by atoms with E-state index < -0.39 is 0 Å². The molecule has 0 unspecified atom stereocenters. The van der Waals surface area contributed by atoms with Gasteiger partial charge in [0.15, 0.2) is 5.82 Å². The van der Waals surface area contributed by atoms with Gasteiger partial charge >= 0.3 is 0 Å². The summed E-state index contributed by atoms with van der Waals surface area (Å²) in [7, 11) is 0. The number of nitrogens with zero attached hydrogens (tertiary/aromatic N) is 5. The van der Waals surface area contributed by atoms with Crippen LogP contribution in [0.3, 0.4) is 0 Å². The smallest absolute Gasteiger partial charge is 0.245 e. The number of likely N-dealkylation sites (tertiary alicyclic amines) is 1. The van der Waals surface area contributed by atoms with Crippen molar-refractivity contribution in [3.63, 3.8) is 0 Å². The molecule has 120 valence electrons. The van der Waals surface area contributed by atoms with Crippen LogP contribution in [0.1, 0.15) is 37.2 Å². The third-order valence-electron chi connectivity index (χ3n) is 4.34. The maximum atomic E-state index is 11.7. The van der Waals surface area contributed by atoms with Gasteiger partial charge in [-0.3, -0.25) is 14.3 Å². The zero-order valence-corrected chi connectivity index (χ0v) is 13.4. The maximum Gasteiger partial charge on any atom is 0.245 e. The van der Waals surface area contributed by atoms with Crippen LogP contribution in [0.4, 0.5) is 0 Å². The Morgan fingerprint density at radius 3 is 2.70 bits per heavy atom. The molecular weight excluding hydrogens is 290 g/mol. The van der Waals surface area contributed by atoms with E-state index in [1.54, 1.807) is 18.6 Å². The topological polar surface area (TPSA) is 63.9 Å². The highest BCUT2D eigenvalue weighted by molar-refractivity contribution is 5.87. The lowest BCUT2D eigenvalue weighted by Gasteiger charge is -2.31. The van der Waals surface area contributed by atoms with Crippen LogP contribution in [-0.2, 0) is 11.2 Å². The Balaban J connectivity index is 1.85. The molecule has 0 atom stereocenters. The fraction of sp³-hybridized carbons (Fsp3) is 0.412. The van der Waals surface area contributed by atoms with Gasteiger partial charge < -0.3 is 4.90 Å². The first kappa shape index (κ1) is 15.4. The van der Waals surface area contributed by atoms with Gasteiger partial charge in [-0.1, -0.05) is 13.5 Å². The molecule has 3 heterocycles. The Bertz CT molecular complexity index is 701. The van der Waals surface area contributed by atoms with Crippen LogP contribution in [0.5, 0.6) is 0 Å². The van der Waals surface area contributed by atoms with Crippen LogP contribution in [0, 0.1) is 0 Å². The summed E-state index contributed by atoms with van der Waals surface area (Å²) in [4.78, 5) is 27.1. The molecule has 0 bridgehead atoms. The lowest BCUT2D eigenvalue weighted by atomic mass is 9.93. The van der Waals surface area contributed by atoms with Gasteiger partial charge in [-0.15, -0.1) is 0 Å². The SMILES string of the molecule is C=CC(=O)N1CCC(c2nccnc2-n2ccnc2CC)CC1. The second-order valence-corrected chi connectivity index (χ2v) is 5.64. The molecule has 0 saturated carbocycles. The minimum atomic E-state index is 0.00528. The highest BCUT2D eigenvalue weighted by atomic mass is 16.2. The van der Waals surface area contributed by atoms with E-state index in [2.05, 4.69) is 28.5 Å². The Kier molecular flexibility index (Phi) is 4.50. The van der Waals surface area contributed by atoms with Crippen molar-refractivity contribution in [2.24, 2.45) is 0 Å². The molecule has 0 spiro atoms. The van der Waals surface area contributed by atoms with Gasteiger partial charge in [0.25, 0.3) is 0 Å². The van der Waals surface area contributed by atoms with E-state index in [9.17, 15) is 4.79 Å². The fourth-order valence-corrected chi connectivity index (χ4v) is 3.11. The van der Waals surface area contributed by atoms with Crippen LogP contribution in [0.25, 0.3) is 5.82 Å². The predicted octanol–water partition coefficient (Wildman–Crippen LogP) is 2.12. The van der Waals surface area contributed by atoms with Crippen LogP contribution in [0.15, 0.2) is 37.4 Å². The third-order valence-corrected chi connectivity index (χ3v) is 4.34. The minimum absolute atomic E-state index is 0.00528. The molecule has 2 aromatic heterocycles. The van der Waals surface area contributed by atoms with Gasteiger partial charge in [0, 0.05) is 50.2 Å². The van der Waals surface area contributed by atoms with Crippen LogP contribution in [-0.4, -0.2) is 43.4 Å². The Labute approximate surface area is 135 Å². The highest BCUT2D eigenvalue weighted by Crippen LogP contribution is 2.30. The Hall–Kier alpha value is -2.50. The second-order valence-electron chi connectivity index (χ2n) is 5.64. The lowest BCUT2D eigenvalue weighted by molar-refractivity contribution is -0.127. The van der Waals surface area contributed by atoms with E-state index in [0.717, 1.165) is 49.7 Å². The fourth-order valence-electron chi connectivity index (χ4n) is 3.11. The monoisotopic (exact) mass is 311 g/mol. The molecule has 0 N–H and O–H groups in total. The number of hydrogen-bond acceptors (Lipinski definition) is 4. The number of imidazole rings is 1. The first-order valence-corrected chi connectivity index (χ1v) is 7.99. The van der Waals surface area contributed by atoms with E-state index in [1.807, 2.05) is 15.7 Å². The summed E-state index contributed by atoms with van der Waals surface area (Å²) in [5, 5.41) is 0. The summed E-state index contributed by atoms with van der Waals surface area (Å²) >= 11 is 0. The van der Waals surface area contributed by atoms with Crippen molar-refractivity contribution >= 4 is 5.91 Å². The van der Waals surface area contributed by atoms with E-state index >= 15 is 0 Å². The first-order valence-electron chi connectivity index (χ1n) is 7.99. The summed E-state index contributed by atoms with van der Waals surface area (Å²) in [5.41, 5.74) is 0.992. The van der Waals surface area contributed by atoms with Gasteiger partial charge in [-0.2, -0.15) is 0 Å². The summed E-state index contributed by atoms with van der Waals surface area (Å²) in [6.45, 7) is 7.10. The number of rotatable bonds is 4. The molecule has 3 rings (SSSR count). The summed E-state index contributed by atoms with van der Waals surface area (Å²) in [6.07, 6.45) is 11.2. The Morgan fingerprint density at radius 2 is 2.00 bits per heavy atom. The molecule has 1 fully saturated rings. The normalized spacial score (nSPS) is 15.6. The van der Waals surface area contributed by atoms with Crippen molar-refractivity contribution in [1.82, 2.24) is 24.4 Å². The van der Waals surface area contributed by atoms with Crippen molar-refractivity contribution in [3.05, 3.63) is 49.0 Å². The van der Waals surface area contributed by atoms with Gasteiger partial charge in [-0.05, 0) is 18.9 Å². The summed E-state index contributed by atoms with van der Waals surface area (Å²) < 4.78 is 2.02. The van der Waals surface area contributed by atoms with Crippen molar-refractivity contribution in [2.75, 3.05) is 13.1 Å². The summed E-state index contributed by atoms with van der Waals surface area (Å²) in [6, 6.07) is 0. The summed E-state index contributed by atoms with van der Waals surface area (Å²) in [5.74, 6) is 2.15. The molecule has 0 aliphatic carbocycles. The quantitative estimate of drug-likeness (QED) is 0.811. The minimum Gasteiger partial charge on any atom is -0.339 e. The predicted molar refractivity (Wildman–Crippen MR) is 87.3 cm³/mol. The van der Waals surface area contributed by atoms with Crippen molar-refractivity contribution in [1.29, 1.82) is 0 Å². The maximum absolute atomic E-state index is 11.7. The van der Waals surface area contributed by atoms with E-state index in [1.165, 1.54) is 6.08 Å². The van der Waals surface area contributed by atoms with Crippen molar-refractivity contribution in [3.8, 4) is 5.82 Å². The average molecular weight is 311 g/mol. The lowest BCUT2D eigenvalue weighted by Crippen LogP contribution is -2.37. The molecule has 1 amide bonds. The van der Waals surface area contributed by atoms with Gasteiger partial charge in [-0.25, -0.2) is 9.97 Å². The molecule has 6 heteroatoms. The van der Waals surface area contributed by atoms with Gasteiger partial charge in [0.05, 0.1) is 5.69 Å². The number of carbonyl (C=O) groups is 1. The van der Waals surface area contributed by atoms with E-state index in [-0.39, 0.29) is 5.91 Å². The van der Waals surface area contributed by atoms with Crippen molar-refractivity contribution < 1.29 is 4.79 Å². The van der Waals surface area contributed by atoms with Crippen LogP contribution >= 0.6 is 0 Å². The molecule has 6 nitrogen and oxygen atoms in total. The molecule has 0 radical (unpaired) electrons. The number of hydrogen-bond donors (Lipinski definition) is 0. The molecule has 1 aliphatic heterocycles. The van der Waals surface area contributed by atoms with Crippen molar-refractivity contribution in [2.45, 2.75) is 32.1 Å². The van der Waals surface area contributed by atoms with Crippen LogP contribution in [0.2, 0.25) is 0 Å². The third kappa shape index (κ3) is 3.02. The zero-order chi connectivity index (χ0) is 16.2. The standard InChI is InChI=1S/C17H21N5O/c1-3-14-18-9-12-22(14)17-16(19-7-8-20-17)13-5-10-21(11-6-13)15(23)4-2/h4,7-9,12-13H,2-3,5-6,10-11H2,1H3. The molecular formula is C17H21N5O. The molecule has 0 aromatic carbocycles. The van der Waals surface area contributed by atoms with E-state index in [0.29, 0.717) is 5.92 Å². The largest absolute Gasteiger partial charge is 0.339 e.